The summed E-state index contributed by atoms with van der Waals surface area (Å²) in [5, 5.41) is 5.02. The molecule has 0 aliphatic heterocycles. The van der Waals surface area contributed by atoms with Crippen molar-refractivity contribution in [2.45, 2.75) is 27.7 Å². The molecule has 4 rings (SSSR count). The van der Waals surface area contributed by atoms with Crippen molar-refractivity contribution in [1.29, 1.82) is 0 Å². The van der Waals surface area contributed by atoms with Crippen LogP contribution < -0.4 is 10.9 Å². The van der Waals surface area contributed by atoms with E-state index < -0.39 is 5.91 Å². The molecule has 2 N–H and O–H groups in total. The highest BCUT2D eigenvalue weighted by molar-refractivity contribution is 6.07. The van der Waals surface area contributed by atoms with Crippen molar-refractivity contribution in [3.05, 3.63) is 76.4 Å². The number of fused-ring (bicyclic) bond motifs is 1. The van der Waals surface area contributed by atoms with E-state index in [-0.39, 0.29) is 5.91 Å². The molecule has 4 aromatic rings. The van der Waals surface area contributed by atoms with Crippen LogP contribution in [-0.4, -0.2) is 31.1 Å². The topological polar surface area (TPSA) is 93.8 Å². The van der Waals surface area contributed by atoms with Crippen molar-refractivity contribution >= 4 is 22.8 Å². The standard InChI is InChI=1S/C23H24N6O2/c1-13-11-19(20-15(3)27-28(5)21(20)24-13)23(31)26-25-22(30)18-12-14(2)29(16(18)4)17-9-7-6-8-10-17/h6-12H,1-5H3,(H,25,30)(H,26,31). The third-order valence-corrected chi connectivity index (χ3v) is 5.32. The summed E-state index contributed by atoms with van der Waals surface area (Å²) in [7, 11) is 1.79. The highest BCUT2D eigenvalue weighted by Crippen LogP contribution is 2.22. The number of pyridine rings is 1. The van der Waals surface area contributed by atoms with Crippen LogP contribution in [0.15, 0.2) is 42.5 Å². The maximum Gasteiger partial charge on any atom is 0.271 e. The first-order valence-corrected chi connectivity index (χ1v) is 9.94. The summed E-state index contributed by atoms with van der Waals surface area (Å²) in [6, 6.07) is 13.3. The van der Waals surface area contributed by atoms with Gasteiger partial charge in [-0.15, -0.1) is 0 Å². The lowest BCUT2D eigenvalue weighted by Crippen LogP contribution is -2.42. The first kappa shape index (κ1) is 20.3. The number of hydrogen-bond acceptors (Lipinski definition) is 4. The summed E-state index contributed by atoms with van der Waals surface area (Å²) in [6.45, 7) is 7.46. The summed E-state index contributed by atoms with van der Waals surface area (Å²) >= 11 is 0. The van der Waals surface area contributed by atoms with Crippen LogP contribution in [0.5, 0.6) is 0 Å². The minimum absolute atomic E-state index is 0.381. The SMILES string of the molecule is Cc1cc(C(=O)NNC(=O)c2cc(C)n(-c3ccccc3)c2C)c2c(C)nn(C)c2n1. The van der Waals surface area contributed by atoms with E-state index >= 15 is 0 Å². The Bertz CT molecular complexity index is 1320. The molecule has 0 unspecified atom stereocenters. The number of rotatable bonds is 3. The third kappa shape index (κ3) is 3.56. The first-order chi connectivity index (χ1) is 14.8. The Balaban J connectivity index is 1.58. The number of aromatic nitrogens is 4. The van der Waals surface area contributed by atoms with Gasteiger partial charge in [0.05, 0.1) is 22.2 Å². The second kappa shape index (κ2) is 7.71. The number of benzene rings is 1. The Morgan fingerprint density at radius 2 is 1.55 bits per heavy atom. The predicted molar refractivity (Wildman–Crippen MR) is 118 cm³/mol. The molecule has 1 aromatic carbocycles. The number of amides is 2. The Labute approximate surface area is 179 Å². The lowest BCUT2D eigenvalue weighted by molar-refractivity contribution is 0.0847. The maximum atomic E-state index is 12.9. The van der Waals surface area contributed by atoms with Gasteiger partial charge in [-0.25, -0.2) is 4.98 Å². The Kier molecular flexibility index (Phi) is 5.06. The fourth-order valence-corrected chi connectivity index (χ4v) is 3.96. The normalized spacial score (nSPS) is 11.0. The van der Waals surface area contributed by atoms with Gasteiger partial charge < -0.3 is 4.57 Å². The molecule has 158 valence electrons. The van der Waals surface area contributed by atoms with Crippen LogP contribution in [0.25, 0.3) is 16.7 Å². The van der Waals surface area contributed by atoms with E-state index in [0.717, 1.165) is 17.1 Å². The highest BCUT2D eigenvalue weighted by Gasteiger charge is 2.20. The lowest BCUT2D eigenvalue weighted by atomic mass is 10.1. The quantitative estimate of drug-likeness (QED) is 0.502. The predicted octanol–water partition coefficient (Wildman–Crippen LogP) is 3.07. The van der Waals surface area contributed by atoms with E-state index in [0.29, 0.717) is 33.5 Å². The molecular formula is C23H24N6O2. The molecule has 0 saturated carbocycles. The number of hydrogen-bond donors (Lipinski definition) is 2. The smallest absolute Gasteiger partial charge is 0.271 e. The van der Waals surface area contributed by atoms with Gasteiger partial charge in [0.1, 0.15) is 0 Å². The van der Waals surface area contributed by atoms with E-state index in [1.807, 2.05) is 68.7 Å². The minimum Gasteiger partial charge on any atom is -0.318 e. The molecule has 3 heterocycles. The van der Waals surface area contributed by atoms with E-state index in [9.17, 15) is 9.59 Å². The first-order valence-electron chi connectivity index (χ1n) is 9.94. The number of carbonyl (C=O) groups is 2. The zero-order valence-electron chi connectivity index (χ0n) is 18.1. The van der Waals surface area contributed by atoms with Crippen molar-refractivity contribution in [2.75, 3.05) is 0 Å². The van der Waals surface area contributed by atoms with Gasteiger partial charge in [-0.1, -0.05) is 18.2 Å². The van der Waals surface area contributed by atoms with Crippen molar-refractivity contribution in [1.82, 2.24) is 30.2 Å². The summed E-state index contributed by atoms with van der Waals surface area (Å²) in [4.78, 5) is 30.2. The van der Waals surface area contributed by atoms with Crippen molar-refractivity contribution in [2.24, 2.45) is 7.05 Å². The van der Waals surface area contributed by atoms with E-state index in [2.05, 4.69) is 20.9 Å². The lowest BCUT2D eigenvalue weighted by Gasteiger charge is -2.11. The minimum atomic E-state index is -0.420. The fraction of sp³-hybridized carbons (Fsp3) is 0.217. The average molecular weight is 416 g/mol. The molecule has 0 saturated heterocycles. The van der Waals surface area contributed by atoms with E-state index in [1.54, 1.807) is 17.8 Å². The number of aryl methyl sites for hydroxylation is 4. The molecule has 0 spiro atoms. The summed E-state index contributed by atoms with van der Waals surface area (Å²) in [5.41, 5.74) is 10.7. The molecule has 2 amide bonds. The molecule has 8 nitrogen and oxygen atoms in total. The van der Waals surface area contributed by atoms with Crippen molar-refractivity contribution in [3.63, 3.8) is 0 Å². The van der Waals surface area contributed by atoms with Gasteiger partial charge in [0, 0.05) is 29.8 Å². The molecule has 8 heteroatoms. The number of para-hydroxylation sites is 1. The van der Waals surface area contributed by atoms with Crippen molar-refractivity contribution in [3.8, 4) is 5.69 Å². The number of hydrazine groups is 1. The molecule has 0 atom stereocenters. The Morgan fingerprint density at radius 1 is 0.903 bits per heavy atom. The van der Waals surface area contributed by atoms with Gasteiger partial charge in [0.15, 0.2) is 5.65 Å². The van der Waals surface area contributed by atoms with Crippen LogP contribution in [0, 0.1) is 27.7 Å². The fourth-order valence-electron chi connectivity index (χ4n) is 3.96. The van der Waals surface area contributed by atoms with Gasteiger partial charge >= 0.3 is 0 Å². The second-order valence-corrected chi connectivity index (χ2v) is 7.58. The number of carbonyl (C=O) groups excluding carboxylic acids is 2. The monoisotopic (exact) mass is 416 g/mol. The van der Waals surface area contributed by atoms with Gasteiger partial charge in [-0.05, 0) is 52.0 Å². The van der Waals surface area contributed by atoms with Crippen LogP contribution in [0.3, 0.4) is 0 Å². The van der Waals surface area contributed by atoms with Crippen LogP contribution in [0.1, 0.15) is 43.5 Å². The van der Waals surface area contributed by atoms with Gasteiger partial charge in [0.2, 0.25) is 0 Å². The molecular weight excluding hydrogens is 392 g/mol. The van der Waals surface area contributed by atoms with Gasteiger partial charge in [-0.3, -0.25) is 25.1 Å². The summed E-state index contributed by atoms with van der Waals surface area (Å²) < 4.78 is 3.65. The molecule has 0 aliphatic rings. The van der Waals surface area contributed by atoms with Gasteiger partial charge in [-0.2, -0.15) is 5.10 Å². The van der Waals surface area contributed by atoms with Gasteiger partial charge in [0.25, 0.3) is 11.8 Å². The highest BCUT2D eigenvalue weighted by atomic mass is 16.2. The number of nitrogens with zero attached hydrogens (tertiary/aromatic N) is 4. The zero-order valence-corrected chi connectivity index (χ0v) is 18.1. The Morgan fingerprint density at radius 3 is 2.23 bits per heavy atom. The Hall–Kier alpha value is -3.94. The zero-order chi connectivity index (χ0) is 22.3. The molecule has 0 radical (unpaired) electrons. The molecule has 3 aromatic heterocycles. The van der Waals surface area contributed by atoms with E-state index in [1.165, 1.54) is 0 Å². The van der Waals surface area contributed by atoms with E-state index in [4.69, 9.17) is 0 Å². The molecule has 31 heavy (non-hydrogen) atoms. The molecule has 0 aliphatic carbocycles. The summed E-state index contributed by atoms with van der Waals surface area (Å²) in [6.07, 6.45) is 0. The summed E-state index contributed by atoms with van der Waals surface area (Å²) in [5.74, 6) is -0.801. The van der Waals surface area contributed by atoms with Crippen LogP contribution in [0.4, 0.5) is 0 Å². The maximum absolute atomic E-state index is 12.9. The molecule has 0 fully saturated rings. The third-order valence-electron chi connectivity index (χ3n) is 5.32. The molecule has 0 bridgehead atoms. The second-order valence-electron chi connectivity index (χ2n) is 7.58. The van der Waals surface area contributed by atoms with Crippen molar-refractivity contribution < 1.29 is 9.59 Å². The number of nitrogens with one attached hydrogen (secondary N) is 2. The largest absolute Gasteiger partial charge is 0.318 e. The van der Waals surface area contributed by atoms with Crippen LogP contribution >= 0.6 is 0 Å². The van der Waals surface area contributed by atoms with Crippen LogP contribution in [-0.2, 0) is 7.05 Å². The van der Waals surface area contributed by atoms with Crippen LogP contribution in [0.2, 0.25) is 0 Å². The average Bonchev–Trinajstić information content (AvgIpc) is 3.20.